The van der Waals surface area contributed by atoms with Gasteiger partial charge in [0.1, 0.15) is 6.10 Å². The third-order valence-electron chi connectivity index (χ3n) is 4.61. The number of benzene rings is 1. The van der Waals surface area contributed by atoms with Gasteiger partial charge in [-0.3, -0.25) is 9.78 Å². The van der Waals surface area contributed by atoms with Gasteiger partial charge in [-0.15, -0.1) is 0 Å². The molecule has 2 aromatic rings. The van der Waals surface area contributed by atoms with Crippen molar-refractivity contribution in [2.24, 2.45) is 5.92 Å². The van der Waals surface area contributed by atoms with Crippen LogP contribution in [0.2, 0.25) is 0 Å². The molecule has 3 rings (SSSR count). The number of nitrogens with one attached hydrogen (secondary N) is 1. The van der Waals surface area contributed by atoms with E-state index in [4.69, 9.17) is 4.74 Å². The number of rotatable bonds is 5. The average Bonchev–Trinajstić information content (AvgIpc) is 3.03. The highest BCUT2D eigenvalue weighted by molar-refractivity contribution is 5.81. The van der Waals surface area contributed by atoms with Crippen LogP contribution in [0.1, 0.15) is 36.1 Å². The molecule has 0 radical (unpaired) electrons. The van der Waals surface area contributed by atoms with Gasteiger partial charge < -0.3 is 10.1 Å². The molecule has 1 aliphatic heterocycles. The predicted octanol–water partition coefficient (Wildman–Crippen LogP) is 3.22. The molecule has 1 aromatic carbocycles. The molecule has 4 heteroatoms. The fourth-order valence-electron chi connectivity index (χ4n) is 3.08. The van der Waals surface area contributed by atoms with Crippen LogP contribution in [0.4, 0.5) is 0 Å². The number of aryl methyl sites for hydroxylation is 1. The summed E-state index contributed by atoms with van der Waals surface area (Å²) >= 11 is 0. The lowest BCUT2D eigenvalue weighted by molar-refractivity contribution is -0.132. The van der Waals surface area contributed by atoms with Gasteiger partial charge in [0, 0.05) is 19.0 Å². The summed E-state index contributed by atoms with van der Waals surface area (Å²) in [5.74, 6) is 0.236. The lowest BCUT2D eigenvalue weighted by Crippen LogP contribution is -2.40. The first-order valence-electron chi connectivity index (χ1n) is 8.51. The molecule has 1 amide bonds. The molecule has 1 aliphatic rings. The number of nitrogens with zero attached hydrogens (tertiary/aromatic N) is 1. The van der Waals surface area contributed by atoms with Crippen molar-refractivity contribution >= 4 is 5.91 Å². The zero-order valence-corrected chi connectivity index (χ0v) is 14.2. The molecule has 2 heterocycles. The third-order valence-corrected chi connectivity index (χ3v) is 4.61. The van der Waals surface area contributed by atoms with Crippen molar-refractivity contribution in [3.8, 4) is 0 Å². The van der Waals surface area contributed by atoms with Crippen molar-refractivity contribution in [2.75, 3.05) is 6.61 Å². The minimum atomic E-state index is -0.345. The van der Waals surface area contributed by atoms with E-state index in [0.29, 0.717) is 6.61 Å². The van der Waals surface area contributed by atoms with Crippen molar-refractivity contribution < 1.29 is 9.53 Å². The molecule has 1 saturated heterocycles. The molecular weight excluding hydrogens is 300 g/mol. The van der Waals surface area contributed by atoms with Crippen LogP contribution in [0.5, 0.6) is 0 Å². The maximum absolute atomic E-state index is 12.6. The lowest BCUT2D eigenvalue weighted by atomic mass is 9.98. The van der Waals surface area contributed by atoms with Crippen LogP contribution in [0.25, 0.3) is 0 Å². The van der Waals surface area contributed by atoms with Gasteiger partial charge in [-0.2, -0.15) is 0 Å². The molecule has 1 N–H and O–H groups in total. The Hall–Kier alpha value is -2.20. The molecule has 24 heavy (non-hydrogen) atoms. The summed E-state index contributed by atoms with van der Waals surface area (Å²) in [5.41, 5.74) is 3.43. The number of carbonyl (C=O) groups is 1. The average molecular weight is 324 g/mol. The smallest absolute Gasteiger partial charge is 0.249 e. The number of carbonyl (C=O) groups excluding carboxylic acids is 1. The summed E-state index contributed by atoms with van der Waals surface area (Å²) in [6, 6.07) is 12.2. The van der Waals surface area contributed by atoms with E-state index in [1.807, 2.05) is 18.3 Å². The number of aromatic nitrogens is 1. The molecule has 3 atom stereocenters. The number of ether oxygens (including phenoxy) is 1. The Morgan fingerprint density at radius 2 is 2.12 bits per heavy atom. The van der Waals surface area contributed by atoms with E-state index in [9.17, 15) is 4.79 Å². The summed E-state index contributed by atoms with van der Waals surface area (Å²) in [6.07, 6.45) is 4.89. The molecule has 126 valence electrons. The van der Waals surface area contributed by atoms with Crippen LogP contribution in [0, 0.1) is 12.8 Å². The summed E-state index contributed by atoms with van der Waals surface area (Å²) in [5, 5.41) is 3.16. The highest BCUT2D eigenvalue weighted by Gasteiger charge is 2.32. The van der Waals surface area contributed by atoms with Crippen LogP contribution < -0.4 is 5.32 Å². The van der Waals surface area contributed by atoms with Gasteiger partial charge >= 0.3 is 0 Å². The Kier molecular flexibility index (Phi) is 5.26. The van der Waals surface area contributed by atoms with E-state index in [1.165, 1.54) is 11.1 Å². The Labute approximate surface area is 143 Å². The predicted molar refractivity (Wildman–Crippen MR) is 93.5 cm³/mol. The fraction of sp³-hybridized carbons (Fsp3) is 0.400. The molecule has 0 bridgehead atoms. The summed E-state index contributed by atoms with van der Waals surface area (Å²) in [7, 11) is 0. The van der Waals surface area contributed by atoms with Gasteiger partial charge in [-0.05, 0) is 42.9 Å². The molecular formula is C20H24N2O2. The van der Waals surface area contributed by atoms with Crippen LogP contribution in [-0.4, -0.2) is 23.6 Å². The van der Waals surface area contributed by atoms with Gasteiger partial charge in [-0.25, -0.2) is 0 Å². The maximum atomic E-state index is 12.6. The monoisotopic (exact) mass is 324 g/mol. The zero-order chi connectivity index (χ0) is 16.9. The van der Waals surface area contributed by atoms with Gasteiger partial charge in [0.05, 0.1) is 6.04 Å². The van der Waals surface area contributed by atoms with E-state index in [2.05, 4.69) is 48.4 Å². The number of amides is 1. The van der Waals surface area contributed by atoms with E-state index < -0.39 is 0 Å². The Morgan fingerprint density at radius 1 is 1.33 bits per heavy atom. The Bertz CT molecular complexity index is 670. The van der Waals surface area contributed by atoms with Gasteiger partial charge in [0.25, 0.3) is 0 Å². The van der Waals surface area contributed by atoms with E-state index in [1.54, 1.807) is 6.20 Å². The zero-order valence-electron chi connectivity index (χ0n) is 14.2. The first-order chi connectivity index (χ1) is 11.6. The molecule has 1 fully saturated rings. The van der Waals surface area contributed by atoms with Crippen LogP contribution in [0.3, 0.4) is 0 Å². The van der Waals surface area contributed by atoms with Crippen LogP contribution in [0.15, 0.2) is 48.8 Å². The molecule has 4 nitrogen and oxygen atoms in total. The van der Waals surface area contributed by atoms with Gasteiger partial charge in [0.2, 0.25) is 5.91 Å². The molecule has 0 aliphatic carbocycles. The maximum Gasteiger partial charge on any atom is 0.249 e. The van der Waals surface area contributed by atoms with Gasteiger partial charge in [0.15, 0.2) is 0 Å². The molecule has 0 saturated carbocycles. The number of pyridine rings is 1. The quantitative estimate of drug-likeness (QED) is 0.919. The second-order valence-electron chi connectivity index (χ2n) is 6.59. The van der Waals surface area contributed by atoms with Crippen molar-refractivity contribution in [2.45, 2.75) is 38.8 Å². The molecule has 0 unspecified atom stereocenters. The first kappa shape index (κ1) is 16.7. The highest BCUT2D eigenvalue weighted by Crippen LogP contribution is 2.23. The third kappa shape index (κ3) is 4.01. The largest absolute Gasteiger partial charge is 0.368 e. The minimum Gasteiger partial charge on any atom is -0.368 e. The van der Waals surface area contributed by atoms with E-state index >= 15 is 0 Å². The van der Waals surface area contributed by atoms with E-state index in [-0.39, 0.29) is 24.0 Å². The normalized spacial score (nSPS) is 21.4. The Balaban J connectivity index is 1.77. The van der Waals surface area contributed by atoms with Gasteiger partial charge in [-0.1, -0.05) is 42.8 Å². The summed E-state index contributed by atoms with van der Waals surface area (Å²) < 4.78 is 5.60. The first-order valence-corrected chi connectivity index (χ1v) is 8.51. The standard InChI is InChI=1S/C20H24N2O2/c1-14-5-7-16(8-6-14)12-18(17-4-3-10-21-13-17)22-20(23)19-15(2)9-11-24-19/h3-8,10,13,15,18-19H,9,11-12H2,1-2H3,(H,22,23)/t15-,18+,19+/m1/s1. The summed E-state index contributed by atoms with van der Waals surface area (Å²) in [4.78, 5) is 16.8. The van der Waals surface area contributed by atoms with Crippen molar-refractivity contribution in [1.29, 1.82) is 0 Å². The van der Waals surface area contributed by atoms with Crippen molar-refractivity contribution in [3.63, 3.8) is 0 Å². The van der Waals surface area contributed by atoms with Crippen LogP contribution >= 0.6 is 0 Å². The van der Waals surface area contributed by atoms with Crippen molar-refractivity contribution in [3.05, 3.63) is 65.5 Å². The second-order valence-corrected chi connectivity index (χ2v) is 6.59. The van der Waals surface area contributed by atoms with Crippen LogP contribution in [-0.2, 0) is 16.0 Å². The number of hydrogen-bond acceptors (Lipinski definition) is 3. The summed E-state index contributed by atoms with van der Waals surface area (Å²) in [6.45, 7) is 4.80. The van der Waals surface area contributed by atoms with E-state index in [0.717, 1.165) is 18.4 Å². The minimum absolute atomic E-state index is 0.0269. The Morgan fingerprint density at radius 3 is 2.75 bits per heavy atom. The topological polar surface area (TPSA) is 51.2 Å². The van der Waals surface area contributed by atoms with Crippen molar-refractivity contribution in [1.82, 2.24) is 10.3 Å². The SMILES string of the molecule is Cc1ccc(C[C@H](NC(=O)[C@H]2OCC[C@H]2C)c2cccnc2)cc1. The molecule has 0 spiro atoms. The fourth-order valence-corrected chi connectivity index (χ4v) is 3.08. The number of hydrogen-bond donors (Lipinski definition) is 1. The second kappa shape index (κ2) is 7.58. The highest BCUT2D eigenvalue weighted by atomic mass is 16.5. The lowest BCUT2D eigenvalue weighted by Gasteiger charge is -2.22. The molecule has 1 aromatic heterocycles.